The number of aromatic nitrogens is 2. The normalized spacial score (nSPS) is 13.6. The van der Waals surface area contributed by atoms with Gasteiger partial charge in [-0.05, 0) is 28.8 Å². The highest BCUT2D eigenvalue weighted by atomic mass is 16.3. The van der Waals surface area contributed by atoms with Gasteiger partial charge in [-0.25, -0.2) is 0 Å². The first-order valence-corrected chi connectivity index (χ1v) is 6.89. The molecule has 0 amide bonds. The minimum Gasteiger partial charge on any atom is -0.387 e. The van der Waals surface area contributed by atoms with Gasteiger partial charge in [0.25, 0.3) is 0 Å². The summed E-state index contributed by atoms with van der Waals surface area (Å²) >= 11 is 0. The van der Waals surface area contributed by atoms with E-state index >= 15 is 0 Å². The molecule has 0 aliphatic heterocycles. The molecule has 2 aromatic heterocycles. The monoisotopic (exact) mass is 276 g/mol. The third-order valence-electron chi connectivity index (χ3n) is 3.54. The van der Waals surface area contributed by atoms with Gasteiger partial charge in [0.2, 0.25) is 0 Å². The highest BCUT2D eigenvalue weighted by Crippen LogP contribution is 2.35. The Bertz CT molecular complexity index is 632. The molecule has 3 rings (SSSR count). The van der Waals surface area contributed by atoms with E-state index in [9.17, 15) is 5.11 Å². The van der Waals surface area contributed by atoms with Crippen molar-refractivity contribution in [1.29, 1.82) is 0 Å². The fourth-order valence-corrected chi connectivity index (χ4v) is 2.52. The maximum Gasteiger partial charge on any atom is 0.0914 e. The molecule has 1 N–H and O–H groups in total. The molecule has 3 heteroatoms. The predicted molar refractivity (Wildman–Crippen MR) is 81.7 cm³/mol. The van der Waals surface area contributed by atoms with Gasteiger partial charge in [-0.1, -0.05) is 42.5 Å². The lowest BCUT2D eigenvalue weighted by atomic mass is 9.85. The number of aliphatic hydroxyl groups excluding tert-OH is 1. The largest absolute Gasteiger partial charge is 0.387 e. The zero-order valence-electron chi connectivity index (χ0n) is 11.5. The average molecular weight is 276 g/mol. The molecule has 0 aliphatic carbocycles. The Kier molecular flexibility index (Phi) is 4.03. The number of hydrogen-bond donors (Lipinski definition) is 1. The lowest BCUT2D eigenvalue weighted by Gasteiger charge is -2.23. The van der Waals surface area contributed by atoms with Crippen molar-refractivity contribution in [3.8, 4) is 0 Å². The van der Waals surface area contributed by atoms with Crippen LogP contribution in [0.15, 0.2) is 79.4 Å². The third-order valence-corrected chi connectivity index (χ3v) is 3.54. The average Bonchev–Trinajstić information content (AvgIpc) is 2.58. The van der Waals surface area contributed by atoms with E-state index in [4.69, 9.17) is 0 Å². The van der Waals surface area contributed by atoms with Crippen LogP contribution in [0, 0.1) is 0 Å². The van der Waals surface area contributed by atoms with Crippen molar-refractivity contribution >= 4 is 0 Å². The summed E-state index contributed by atoms with van der Waals surface area (Å²) in [6.45, 7) is 0. The summed E-state index contributed by atoms with van der Waals surface area (Å²) in [5.41, 5.74) is 2.84. The van der Waals surface area contributed by atoms with Crippen LogP contribution in [0.3, 0.4) is 0 Å². The van der Waals surface area contributed by atoms with Crippen molar-refractivity contribution < 1.29 is 5.11 Å². The second-order valence-corrected chi connectivity index (χ2v) is 4.91. The topological polar surface area (TPSA) is 46.0 Å². The van der Waals surface area contributed by atoms with E-state index in [1.807, 2.05) is 54.6 Å². The number of nitrogens with zero attached hydrogens (tertiary/aromatic N) is 2. The Hall–Kier alpha value is -2.52. The fraction of sp³-hybridized carbons (Fsp3) is 0.111. The van der Waals surface area contributed by atoms with E-state index in [1.165, 1.54) is 0 Å². The summed E-state index contributed by atoms with van der Waals surface area (Å²) in [4.78, 5) is 8.28. The summed E-state index contributed by atoms with van der Waals surface area (Å²) in [6, 6.07) is 17.6. The van der Waals surface area contributed by atoms with Crippen LogP contribution < -0.4 is 0 Å². The van der Waals surface area contributed by atoms with Crippen molar-refractivity contribution in [2.75, 3.05) is 0 Å². The molecule has 0 saturated carbocycles. The van der Waals surface area contributed by atoms with Gasteiger partial charge in [-0.2, -0.15) is 0 Å². The smallest absolute Gasteiger partial charge is 0.0914 e. The SMILES string of the molecule is O[C@H](c1cccnc1)[C@H](c1ccccc1)c1cccnc1. The Morgan fingerprint density at radius 3 is 1.81 bits per heavy atom. The second kappa shape index (κ2) is 6.29. The molecule has 3 nitrogen and oxygen atoms in total. The van der Waals surface area contributed by atoms with Crippen LogP contribution in [0.5, 0.6) is 0 Å². The molecule has 2 heterocycles. The van der Waals surface area contributed by atoms with Gasteiger partial charge in [0.15, 0.2) is 0 Å². The molecule has 0 spiro atoms. The van der Waals surface area contributed by atoms with Gasteiger partial charge in [-0.15, -0.1) is 0 Å². The van der Waals surface area contributed by atoms with E-state index in [-0.39, 0.29) is 5.92 Å². The molecule has 2 atom stereocenters. The van der Waals surface area contributed by atoms with Crippen molar-refractivity contribution in [3.05, 3.63) is 96.1 Å². The van der Waals surface area contributed by atoms with Crippen LogP contribution in [0.4, 0.5) is 0 Å². The molecule has 0 bridgehead atoms. The van der Waals surface area contributed by atoms with Gasteiger partial charge in [-0.3, -0.25) is 9.97 Å². The first-order chi connectivity index (χ1) is 10.4. The molecule has 1 aromatic carbocycles. The van der Waals surface area contributed by atoms with E-state index in [2.05, 4.69) is 9.97 Å². The van der Waals surface area contributed by atoms with Crippen molar-refractivity contribution in [2.45, 2.75) is 12.0 Å². The lowest BCUT2D eigenvalue weighted by Crippen LogP contribution is -2.13. The van der Waals surface area contributed by atoms with Gasteiger partial charge in [0.1, 0.15) is 0 Å². The third kappa shape index (κ3) is 2.98. The zero-order valence-corrected chi connectivity index (χ0v) is 11.5. The maximum atomic E-state index is 10.8. The first kappa shape index (κ1) is 13.5. The first-order valence-electron chi connectivity index (χ1n) is 6.89. The lowest BCUT2D eigenvalue weighted by molar-refractivity contribution is 0.158. The van der Waals surface area contributed by atoms with Crippen LogP contribution in [0.2, 0.25) is 0 Å². The molecule has 0 aliphatic rings. The van der Waals surface area contributed by atoms with Crippen molar-refractivity contribution in [1.82, 2.24) is 9.97 Å². The number of aliphatic hydroxyl groups is 1. The van der Waals surface area contributed by atoms with Gasteiger partial charge < -0.3 is 5.11 Å². The number of benzene rings is 1. The van der Waals surface area contributed by atoms with E-state index in [1.54, 1.807) is 24.8 Å². The summed E-state index contributed by atoms with van der Waals surface area (Å²) in [5.74, 6) is -0.163. The molecule has 104 valence electrons. The summed E-state index contributed by atoms with van der Waals surface area (Å²) in [5, 5.41) is 10.8. The number of pyridine rings is 2. The molecule has 0 fully saturated rings. The van der Waals surface area contributed by atoms with Crippen molar-refractivity contribution in [3.63, 3.8) is 0 Å². The maximum absolute atomic E-state index is 10.8. The van der Waals surface area contributed by atoms with Crippen LogP contribution in [-0.4, -0.2) is 15.1 Å². The molecule has 0 radical (unpaired) electrons. The van der Waals surface area contributed by atoms with Gasteiger partial charge in [0.05, 0.1) is 6.10 Å². The van der Waals surface area contributed by atoms with Crippen LogP contribution in [-0.2, 0) is 0 Å². The second-order valence-electron chi connectivity index (χ2n) is 4.91. The molecule has 3 aromatic rings. The van der Waals surface area contributed by atoms with Crippen molar-refractivity contribution in [2.24, 2.45) is 0 Å². The molecule has 0 unspecified atom stereocenters. The molecule has 21 heavy (non-hydrogen) atoms. The predicted octanol–water partition coefficient (Wildman–Crippen LogP) is 3.34. The number of hydrogen-bond acceptors (Lipinski definition) is 3. The fourth-order valence-electron chi connectivity index (χ4n) is 2.52. The molecular weight excluding hydrogens is 260 g/mol. The minimum absolute atomic E-state index is 0.163. The van der Waals surface area contributed by atoms with Gasteiger partial charge in [0, 0.05) is 30.7 Å². The number of rotatable bonds is 4. The highest BCUT2D eigenvalue weighted by Gasteiger charge is 2.24. The van der Waals surface area contributed by atoms with Crippen LogP contribution >= 0.6 is 0 Å². The molecule has 0 saturated heterocycles. The van der Waals surface area contributed by atoms with Crippen LogP contribution in [0.25, 0.3) is 0 Å². The Balaban J connectivity index is 2.05. The summed E-state index contributed by atoms with van der Waals surface area (Å²) in [7, 11) is 0. The Labute approximate surface area is 124 Å². The van der Waals surface area contributed by atoms with Gasteiger partial charge >= 0.3 is 0 Å². The zero-order chi connectivity index (χ0) is 14.5. The minimum atomic E-state index is -0.662. The Morgan fingerprint density at radius 2 is 1.24 bits per heavy atom. The summed E-state index contributed by atoms with van der Waals surface area (Å²) in [6.07, 6.45) is 6.29. The standard InChI is InChI=1S/C18H16N2O/c21-18(16-9-5-11-20-13-16)17(14-6-2-1-3-7-14)15-8-4-10-19-12-15/h1-13,17-18,21H/t17-,18-/m1/s1. The molecular formula is C18H16N2O. The highest BCUT2D eigenvalue weighted by molar-refractivity contribution is 5.35. The van der Waals surface area contributed by atoms with E-state index < -0.39 is 6.10 Å². The summed E-state index contributed by atoms with van der Waals surface area (Å²) < 4.78 is 0. The quantitative estimate of drug-likeness (QED) is 0.795. The Morgan fingerprint density at radius 1 is 0.667 bits per heavy atom. The van der Waals surface area contributed by atoms with E-state index in [0.29, 0.717) is 0 Å². The van der Waals surface area contributed by atoms with E-state index in [0.717, 1.165) is 16.7 Å². The van der Waals surface area contributed by atoms with Crippen LogP contribution in [0.1, 0.15) is 28.7 Å².